The standard InChI is InChI=1S/C25H24N4O3S/c1-16-13-19(17(2)29(16)25-26-9-12-33-25)22(30)15-32-24(31)20-14-18-7-3-4-8-21(18)27-23(20)28-10-5-6-11-28/h3-4,7-9,12-14H,5-6,10-11,15H2,1-2H3. The molecule has 1 aliphatic rings. The van der Waals surface area contributed by atoms with Crippen LogP contribution in [0, 0.1) is 13.8 Å². The van der Waals surface area contributed by atoms with E-state index in [1.54, 1.807) is 6.20 Å². The zero-order chi connectivity index (χ0) is 22.9. The minimum Gasteiger partial charge on any atom is -0.454 e. The maximum atomic E-state index is 13.1. The smallest absolute Gasteiger partial charge is 0.342 e. The number of fused-ring (bicyclic) bond motifs is 1. The van der Waals surface area contributed by atoms with Gasteiger partial charge in [0.25, 0.3) is 0 Å². The summed E-state index contributed by atoms with van der Waals surface area (Å²) in [7, 11) is 0. The highest BCUT2D eigenvalue weighted by atomic mass is 32.1. The summed E-state index contributed by atoms with van der Waals surface area (Å²) < 4.78 is 7.45. The van der Waals surface area contributed by atoms with Gasteiger partial charge in [-0.05, 0) is 44.9 Å². The number of thiazole rings is 1. The Balaban J connectivity index is 1.39. The number of hydrogen-bond donors (Lipinski definition) is 0. The number of Topliss-reactive ketones (excluding diaryl/α,β-unsaturated/α-hetero) is 1. The number of esters is 1. The number of benzene rings is 1. The van der Waals surface area contributed by atoms with Gasteiger partial charge in [0.15, 0.2) is 11.7 Å². The van der Waals surface area contributed by atoms with Gasteiger partial charge in [-0.3, -0.25) is 9.36 Å². The topological polar surface area (TPSA) is 77.3 Å². The van der Waals surface area contributed by atoms with Crippen LogP contribution >= 0.6 is 11.3 Å². The molecule has 3 aromatic heterocycles. The molecule has 5 rings (SSSR count). The van der Waals surface area contributed by atoms with Crippen molar-refractivity contribution in [2.45, 2.75) is 26.7 Å². The van der Waals surface area contributed by atoms with Gasteiger partial charge in [-0.15, -0.1) is 11.3 Å². The van der Waals surface area contributed by atoms with Crippen LogP contribution < -0.4 is 4.90 Å². The Hall–Kier alpha value is -3.52. The van der Waals surface area contributed by atoms with Gasteiger partial charge in [0, 0.05) is 47.0 Å². The van der Waals surface area contributed by atoms with E-state index < -0.39 is 5.97 Å². The second-order valence-electron chi connectivity index (χ2n) is 8.18. The summed E-state index contributed by atoms with van der Waals surface area (Å²) in [6.07, 6.45) is 3.87. The van der Waals surface area contributed by atoms with E-state index in [1.807, 2.05) is 60.2 Å². The van der Waals surface area contributed by atoms with Crippen molar-refractivity contribution in [3.05, 3.63) is 70.5 Å². The Labute approximate surface area is 195 Å². The summed E-state index contributed by atoms with van der Waals surface area (Å²) in [5.41, 5.74) is 3.46. The van der Waals surface area contributed by atoms with Gasteiger partial charge in [-0.1, -0.05) is 18.2 Å². The molecule has 1 saturated heterocycles. The van der Waals surface area contributed by atoms with Crippen molar-refractivity contribution in [1.29, 1.82) is 0 Å². The summed E-state index contributed by atoms with van der Waals surface area (Å²) in [4.78, 5) is 37.3. The Morgan fingerprint density at radius 3 is 2.64 bits per heavy atom. The van der Waals surface area contributed by atoms with Gasteiger partial charge >= 0.3 is 5.97 Å². The molecule has 0 N–H and O–H groups in total. The summed E-state index contributed by atoms with van der Waals surface area (Å²) in [6, 6.07) is 11.3. The highest BCUT2D eigenvalue weighted by Gasteiger charge is 2.24. The van der Waals surface area contributed by atoms with E-state index >= 15 is 0 Å². The molecular formula is C25H24N4O3S. The van der Waals surface area contributed by atoms with E-state index in [0.717, 1.165) is 53.4 Å². The summed E-state index contributed by atoms with van der Waals surface area (Å²) in [5, 5.41) is 3.57. The number of pyridine rings is 1. The zero-order valence-corrected chi connectivity index (χ0v) is 19.4. The molecule has 33 heavy (non-hydrogen) atoms. The molecule has 1 aromatic carbocycles. The third-order valence-electron chi connectivity index (χ3n) is 6.01. The molecule has 0 amide bonds. The van der Waals surface area contributed by atoms with Gasteiger partial charge in [-0.25, -0.2) is 14.8 Å². The molecule has 1 aliphatic heterocycles. The first kappa shape index (κ1) is 21.3. The second-order valence-corrected chi connectivity index (χ2v) is 9.05. The number of ether oxygens (including phenoxy) is 1. The Morgan fingerprint density at radius 1 is 1.09 bits per heavy atom. The molecule has 1 fully saturated rings. The number of carbonyl (C=O) groups excluding carboxylic acids is 2. The molecule has 7 nitrogen and oxygen atoms in total. The van der Waals surface area contributed by atoms with Gasteiger partial charge in [0.2, 0.25) is 5.78 Å². The molecular weight excluding hydrogens is 436 g/mol. The molecule has 0 spiro atoms. The number of rotatable bonds is 6. The molecule has 4 aromatic rings. The number of aromatic nitrogens is 3. The Morgan fingerprint density at radius 2 is 1.88 bits per heavy atom. The van der Waals surface area contributed by atoms with Crippen molar-refractivity contribution in [2.24, 2.45) is 0 Å². The van der Waals surface area contributed by atoms with Crippen molar-refractivity contribution < 1.29 is 14.3 Å². The zero-order valence-electron chi connectivity index (χ0n) is 18.6. The summed E-state index contributed by atoms with van der Waals surface area (Å²) in [6.45, 7) is 5.19. The number of anilines is 1. The van der Waals surface area contributed by atoms with Crippen LogP contribution in [0.3, 0.4) is 0 Å². The van der Waals surface area contributed by atoms with Crippen molar-refractivity contribution in [3.63, 3.8) is 0 Å². The van der Waals surface area contributed by atoms with Gasteiger partial charge in [0.1, 0.15) is 11.4 Å². The van der Waals surface area contributed by atoms with Crippen LogP contribution in [0.1, 0.15) is 44.9 Å². The Kier molecular flexibility index (Phi) is 5.68. The van der Waals surface area contributed by atoms with E-state index in [-0.39, 0.29) is 12.4 Å². The molecule has 0 unspecified atom stereocenters. The number of para-hydroxylation sites is 1. The first-order valence-corrected chi connectivity index (χ1v) is 11.8. The molecule has 4 heterocycles. The Bertz CT molecular complexity index is 1340. The van der Waals surface area contributed by atoms with E-state index in [9.17, 15) is 9.59 Å². The quantitative estimate of drug-likeness (QED) is 0.306. The van der Waals surface area contributed by atoms with Crippen LogP contribution in [0.15, 0.2) is 48.0 Å². The molecule has 0 saturated carbocycles. The molecule has 0 atom stereocenters. The molecule has 0 bridgehead atoms. The maximum Gasteiger partial charge on any atom is 0.342 e. The SMILES string of the molecule is Cc1cc(C(=O)COC(=O)c2cc3ccccc3nc2N2CCCC2)c(C)n1-c1nccs1. The van der Waals surface area contributed by atoms with Gasteiger partial charge in [0.05, 0.1) is 5.52 Å². The fourth-order valence-electron chi connectivity index (χ4n) is 4.38. The third kappa shape index (κ3) is 4.02. The van der Waals surface area contributed by atoms with Gasteiger partial charge < -0.3 is 9.64 Å². The summed E-state index contributed by atoms with van der Waals surface area (Å²) in [5.74, 6) is -0.140. The lowest BCUT2D eigenvalue weighted by atomic mass is 10.1. The van der Waals surface area contributed by atoms with E-state index in [4.69, 9.17) is 9.72 Å². The summed E-state index contributed by atoms with van der Waals surface area (Å²) >= 11 is 1.50. The van der Waals surface area contributed by atoms with E-state index in [2.05, 4.69) is 9.88 Å². The largest absolute Gasteiger partial charge is 0.454 e. The molecule has 0 aliphatic carbocycles. The minimum absolute atomic E-state index is 0.240. The monoisotopic (exact) mass is 460 g/mol. The van der Waals surface area contributed by atoms with Crippen LogP contribution in [0.5, 0.6) is 0 Å². The van der Waals surface area contributed by atoms with E-state index in [0.29, 0.717) is 16.9 Å². The fraction of sp³-hybridized carbons (Fsp3) is 0.280. The predicted octanol–water partition coefficient (Wildman–Crippen LogP) is 4.74. The maximum absolute atomic E-state index is 13.1. The molecule has 8 heteroatoms. The number of hydrogen-bond acceptors (Lipinski definition) is 7. The van der Waals surface area contributed by atoms with Crippen molar-refractivity contribution >= 4 is 39.8 Å². The van der Waals surface area contributed by atoms with Crippen molar-refractivity contribution in [3.8, 4) is 5.13 Å². The highest BCUT2D eigenvalue weighted by molar-refractivity contribution is 7.12. The number of aryl methyl sites for hydroxylation is 1. The second kappa shape index (κ2) is 8.78. The van der Waals surface area contributed by atoms with Crippen LogP contribution in [-0.2, 0) is 4.74 Å². The van der Waals surface area contributed by atoms with Crippen LogP contribution in [0.4, 0.5) is 5.82 Å². The van der Waals surface area contributed by atoms with E-state index in [1.165, 1.54) is 11.3 Å². The lowest BCUT2D eigenvalue weighted by Crippen LogP contribution is -2.23. The lowest BCUT2D eigenvalue weighted by molar-refractivity contribution is 0.0475. The molecule has 0 radical (unpaired) electrons. The van der Waals surface area contributed by atoms with Crippen molar-refractivity contribution in [2.75, 3.05) is 24.6 Å². The van der Waals surface area contributed by atoms with Crippen LogP contribution in [0.25, 0.3) is 16.0 Å². The highest BCUT2D eigenvalue weighted by Crippen LogP contribution is 2.28. The first-order chi connectivity index (χ1) is 16.0. The van der Waals surface area contributed by atoms with Gasteiger partial charge in [-0.2, -0.15) is 0 Å². The average Bonchev–Trinajstić information content (AvgIpc) is 3.58. The number of carbonyl (C=O) groups is 2. The minimum atomic E-state index is -0.530. The fourth-order valence-corrected chi connectivity index (χ4v) is 5.13. The number of ketones is 1. The number of nitrogens with zero attached hydrogens (tertiary/aromatic N) is 4. The van der Waals surface area contributed by atoms with Crippen molar-refractivity contribution in [1.82, 2.24) is 14.5 Å². The molecule has 168 valence electrons. The van der Waals surface area contributed by atoms with Crippen LogP contribution in [0.2, 0.25) is 0 Å². The lowest BCUT2D eigenvalue weighted by Gasteiger charge is -2.20. The first-order valence-electron chi connectivity index (χ1n) is 11.0. The van der Waals surface area contributed by atoms with Crippen LogP contribution in [-0.4, -0.2) is 46.0 Å². The third-order valence-corrected chi connectivity index (χ3v) is 6.76. The normalized spacial score (nSPS) is 13.6. The average molecular weight is 461 g/mol. The predicted molar refractivity (Wildman–Crippen MR) is 129 cm³/mol.